The van der Waals surface area contributed by atoms with Crippen molar-refractivity contribution in [2.24, 2.45) is 0 Å². The Morgan fingerprint density at radius 2 is 1.28 bits per heavy atom. The molecule has 18 heavy (non-hydrogen) atoms. The highest BCUT2D eigenvalue weighted by molar-refractivity contribution is 5.76. The molecule has 0 atom stereocenters. The second-order valence-corrected chi connectivity index (χ2v) is 6.38. The van der Waals surface area contributed by atoms with Gasteiger partial charge in [0.2, 0.25) is 5.91 Å². The largest absolute Gasteiger partial charge is 0.352 e. The summed E-state index contributed by atoms with van der Waals surface area (Å²) in [5, 5.41) is 3.01. The van der Waals surface area contributed by atoms with Crippen LogP contribution in [0.4, 0.5) is 0 Å². The predicted molar refractivity (Wildman–Crippen MR) is 79.7 cm³/mol. The van der Waals surface area contributed by atoms with Crippen LogP contribution < -0.4 is 5.32 Å². The van der Waals surface area contributed by atoms with Crippen LogP contribution in [0.5, 0.6) is 0 Å². The Hall–Kier alpha value is -0.530. The minimum atomic E-state index is -0.0869. The van der Waals surface area contributed by atoms with E-state index in [9.17, 15) is 4.79 Å². The van der Waals surface area contributed by atoms with E-state index in [1.54, 1.807) is 0 Å². The van der Waals surface area contributed by atoms with E-state index >= 15 is 0 Å². The molecule has 1 amide bonds. The highest BCUT2D eigenvalue weighted by Gasteiger charge is 2.12. The molecule has 0 unspecified atom stereocenters. The third kappa shape index (κ3) is 13.5. The monoisotopic (exact) mass is 255 g/mol. The van der Waals surface area contributed by atoms with Gasteiger partial charge in [0.25, 0.3) is 0 Å². The van der Waals surface area contributed by atoms with Gasteiger partial charge in [0.1, 0.15) is 0 Å². The molecular formula is C16H33NO. The summed E-state index contributed by atoms with van der Waals surface area (Å²) in [6.07, 6.45) is 12.4. The predicted octanol–water partition coefficient (Wildman–Crippen LogP) is 4.82. The number of carbonyl (C=O) groups excluding carboxylic acids is 1. The quantitative estimate of drug-likeness (QED) is 0.557. The van der Waals surface area contributed by atoms with Crippen LogP contribution in [0.15, 0.2) is 0 Å². The topological polar surface area (TPSA) is 29.1 Å². The van der Waals surface area contributed by atoms with Crippen LogP contribution in [-0.4, -0.2) is 11.4 Å². The average molecular weight is 255 g/mol. The van der Waals surface area contributed by atoms with Gasteiger partial charge in [-0.25, -0.2) is 0 Å². The van der Waals surface area contributed by atoms with E-state index in [2.05, 4.69) is 12.2 Å². The van der Waals surface area contributed by atoms with Gasteiger partial charge in [-0.05, 0) is 27.2 Å². The summed E-state index contributed by atoms with van der Waals surface area (Å²) in [4.78, 5) is 11.6. The van der Waals surface area contributed by atoms with Crippen molar-refractivity contribution >= 4 is 5.91 Å². The summed E-state index contributed by atoms with van der Waals surface area (Å²) in [5.74, 6) is 0.199. The molecule has 1 N–H and O–H groups in total. The molecule has 0 aromatic heterocycles. The molecule has 0 aliphatic rings. The molecule has 0 bridgehead atoms. The molecular weight excluding hydrogens is 222 g/mol. The lowest BCUT2D eigenvalue weighted by Gasteiger charge is -2.20. The van der Waals surface area contributed by atoms with Crippen molar-refractivity contribution in [1.82, 2.24) is 5.32 Å². The summed E-state index contributed by atoms with van der Waals surface area (Å²) in [6.45, 7) is 8.34. The Morgan fingerprint density at radius 1 is 0.833 bits per heavy atom. The van der Waals surface area contributed by atoms with E-state index < -0.39 is 0 Å². The average Bonchev–Trinajstić information content (AvgIpc) is 2.24. The molecule has 0 aliphatic carbocycles. The van der Waals surface area contributed by atoms with E-state index in [1.807, 2.05) is 20.8 Å². The van der Waals surface area contributed by atoms with Crippen molar-refractivity contribution in [3.8, 4) is 0 Å². The molecule has 2 nitrogen and oxygen atoms in total. The smallest absolute Gasteiger partial charge is 0.220 e. The Morgan fingerprint density at radius 3 is 1.72 bits per heavy atom. The Kier molecular flexibility index (Phi) is 10.1. The standard InChI is InChI=1S/C16H33NO/c1-5-6-7-8-9-10-11-12-13-14-15(18)17-16(2,3)4/h5-14H2,1-4H3,(H,17,18). The van der Waals surface area contributed by atoms with Crippen LogP contribution in [0.1, 0.15) is 91.9 Å². The fourth-order valence-electron chi connectivity index (χ4n) is 2.08. The van der Waals surface area contributed by atoms with Crippen LogP contribution in [0, 0.1) is 0 Å². The highest BCUT2D eigenvalue weighted by atomic mass is 16.1. The third-order valence-electron chi connectivity index (χ3n) is 3.02. The van der Waals surface area contributed by atoms with Crippen molar-refractivity contribution in [1.29, 1.82) is 0 Å². The van der Waals surface area contributed by atoms with Crippen LogP contribution in [0.25, 0.3) is 0 Å². The van der Waals surface area contributed by atoms with E-state index in [0.717, 1.165) is 6.42 Å². The molecule has 0 fully saturated rings. The number of nitrogens with one attached hydrogen (secondary N) is 1. The summed E-state index contributed by atoms with van der Waals surface area (Å²) in [5.41, 5.74) is -0.0869. The molecule has 0 aromatic carbocycles. The van der Waals surface area contributed by atoms with Gasteiger partial charge in [-0.2, -0.15) is 0 Å². The summed E-state index contributed by atoms with van der Waals surface area (Å²) >= 11 is 0. The number of carbonyl (C=O) groups is 1. The van der Waals surface area contributed by atoms with Crippen LogP contribution in [0.3, 0.4) is 0 Å². The van der Waals surface area contributed by atoms with Crippen LogP contribution in [-0.2, 0) is 4.79 Å². The van der Waals surface area contributed by atoms with E-state index in [4.69, 9.17) is 0 Å². The van der Waals surface area contributed by atoms with Gasteiger partial charge in [-0.1, -0.05) is 58.3 Å². The third-order valence-corrected chi connectivity index (χ3v) is 3.02. The van der Waals surface area contributed by atoms with Gasteiger partial charge in [0.15, 0.2) is 0 Å². The normalized spacial score (nSPS) is 11.6. The van der Waals surface area contributed by atoms with Crippen molar-refractivity contribution in [3.05, 3.63) is 0 Å². The lowest BCUT2D eigenvalue weighted by Crippen LogP contribution is -2.40. The van der Waals surface area contributed by atoms with Gasteiger partial charge in [-0.15, -0.1) is 0 Å². The Bertz CT molecular complexity index is 206. The molecule has 0 spiro atoms. The molecule has 0 radical (unpaired) electrons. The first-order chi connectivity index (χ1) is 8.45. The molecule has 0 heterocycles. The number of rotatable bonds is 10. The molecule has 2 heteroatoms. The van der Waals surface area contributed by atoms with Gasteiger partial charge in [-0.3, -0.25) is 4.79 Å². The Labute approximate surface area is 114 Å². The van der Waals surface area contributed by atoms with Gasteiger partial charge < -0.3 is 5.32 Å². The maximum Gasteiger partial charge on any atom is 0.220 e. The van der Waals surface area contributed by atoms with Crippen molar-refractivity contribution in [3.63, 3.8) is 0 Å². The number of amides is 1. The lowest BCUT2D eigenvalue weighted by atomic mass is 10.1. The van der Waals surface area contributed by atoms with E-state index in [1.165, 1.54) is 51.4 Å². The molecule has 0 aromatic rings. The molecule has 0 saturated carbocycles. The number of hydrogen-bond donors (Lipinski definition) is 1. The van der Waals surface area contributed by atoms with Gasteiger partial charge in [0, 0.05) is 12.0 Å². The second kappa shape index (κ2) is 10.4. The van der Waals surface area contributed by atoms with Crippen molar-refractivity contribution in [2.45, 2.75) is 97.4 Å². The zero-order valence-electron chi connectivity index (χ0n) is 13.0. The first kappa shape index (κ1) is 17.5. The molecule has 0 rings (SSSR count). The lowest BCUT2D eigenvalue weighted by molar-refractivity contribution is -0.122. The molecule has 0 aliphatic heterocycles. The minimum absolute atomic E-state index is 0.0869. The van der Waals surface area contributed by atoms with Crippen LogP contribution >= 0.6 is 0 Å². The Balaban J connectivity index is 3.23. The van der Waals surface area contributed by atoms with E-state index in [-0.39, 0.29) is 11.4 Å². The zero-order valence-corrected chi connectivity index (χ0v) is 13.0. The maximum atomic E-state index is 11.6. The second-order valence-electron chi connectivity index (χ2n) is 6.38. The first-order valence-corrected chi connectivity index (χ1v) is 7.76. The first-order valence-electron chi connectivity index (χ1n) is 7.76. The maximum absolute atomic E-state index is 11.6. The molecule has 0 saturated heterocycles. The summed E-state index contributed by atoms with van der Waals surface area (Å²) in [7, 11) is 0. The highest BCUT2D eigenvalue weighted by Crippen LogP contribution is 2.10. The van der Waals surface area contributed by atoms with Crippen molar-refractivity contribution in [2.75, 3.05) is 0 Å². The summed E-state index contributed by atoms with van der Waals surface area (Å²) in [6, 6.07) is 0. The summed E-state index contributed by atoms with van der Waals surface area (Å²) < 4.78 is 0. The van der Waals surface area contributed by atoms with Gasteiger partial charge >= 0.3 is 0 Å². The van der Waals surface area contributed by atoms with Gasteiger partial charge in [0.05, 0.1) is 0 Å². The fourth-order valence-corrected chi connectivity index (χ4v) is 2.08. The number of unbranched alkanes of at least 4 members (excludes halogenated alkanes) is 8. The van der Waals surface area contributed by atoms with Crippen molar-refractivity contribution < 1.29 is 4.79 Å². The fraction of sp³-hybridized carbons (Fsp3) is 0.938. The van der Waals surface area contributed by atoms with Crippen LogP contribution in [0.2, 0.25) is 0 Å². The minimum Gasteiger partial charge on any atom is -0.352 e. The number of hydrogen-bond acceptors (Lipinski definition) is 1. The van der Waals surface area contributed by atoms with E-state index in [0.29, 0.717) is 6.42 Å². The molecule has 108 valence electrons. The zero-order chi connectivity index (χ0) is 13.9. The SMILES string of the molecule is CCCCCCCCCCCC(=O)NC(C)(C)C.